The van der Waals surface area contributed by atoms with Gasteiger partial charge in [0.25, 0.3) is 0 Å². The Morgan fingerprint density at radius 1 is 0.957 bits per heavy atom. The van der Waals surface area contributed by atoms with Gasteiger partial charge in [-0.1, -0.05) is 48.5 Å². The Hall–Kier alpha value is -1.84. The van der Waals surface area contributed by atoms with Gasteiger partial charge in [0.1, 0.15) is 0 Å². The molecule has 1 aliphatic carbocycles. The molecule has 1 N–H and O–H groups in total. The zero-order valence-electron chi connectivity index (χ0n) is 13.7. The van der Waals surface area contributed by atoms with Crippen molar-refractivity contribution in [3.63, 3.8) is 0 Å². The van der Waals surface area contributed by atoms with Crippen molar-refractivity contribution in [2.24, 2.45) is 0 Å². The molecular formula is C20H20NSSi. The van der Waals surface area contributed by atoms with Crippen molar-refractivity contribution in [1.29, 1.82) is 0 Å². The highest BCUT2D eigenvalue weighted by Gasteiger charge is 2.35. The van der Waals surface area contributed by atoms with E-state index in [2.05, 4.69) is 80.0 Å². The summed E-state index contributed by atoms with van der Waals surface area (Å²) in [5.41, 5.74) is 6.35. The van der Waals surface area contributed by atoms with Crippen molar-refractivity contribution in [3.05, 3.63) is 70.6 Å². The molecule has 1 heterocycles. The van der Waals surface area contributed by atoms with Crippen molar-refractivity contribution in [3.8, 4) is 0 Å². The molecule has 0 bridgehead atoms. The first-order valence-electron chi connectivity index (χ1n) is 8.01. The Kier molecular flexibility index (Phi) is 3.62. The van der Waals surface area contributed by atoms with Gasteiger partial charge in [0, 0.05) is 26.2 Å². The molecule has 1 radical (unpaired) electrons. The predicted molar refractivity (Wildman–Crippen MR) is 105 cm³/mol. The van der Waals surface area contributed by atoms with Crippen LogP contribution in [0.2, 0.25) is 6.55 Å². The van der Waals surface area contributed by atoms with Gasteiger partial charge in [0.2, 0.25) is 0 Å². The predicted octanol–water partition coefficient (Wildman–Crippen LogP) is 6.06. The van der Waals surface area contributed by atoms with E-state index in [1.54, 1.807) is 10.5 Å². The van der Waals surface area contributed by atoms with Gasteiger partial charge in [-0.25, -0.2) is 0 Å². The van der Waals surface area contributed by atoms with Crippen LogP contribution >= 0.6 is 11.3 Å². The highest BCUT2D eigenvalue weighted by molar-refractivity contribution is 7.20. The lowest BCUT2D eigenvalue weighted by Crippen LogP contribution is -2.29. The summed E-state index contributed by atoms with van der Waals surface area (Å²) in [6.07, 6.45) is 0. The first-order chi connectivity index (χ1) is 11.2. The lowest BCUT2D eigenvalue weighted by molar-refractivity contribution is 1.13. The quantitative estimate of drug-likeness (QED) is 0.574. The Morgan fingerprint density at radius 2 is 1.65 bits per heavy atom. The summed E-state index contributed by atoms with van der Waals surface area (Å²) in [5.74, 6) is 0. The summed E-state index contributed by atoms with van der Waals surface area (Å²) in [4.78, 5) is 5.36. The molecule has 1 atom stereocenters. The zero-order chi connectivity index (χ0) is 16.0. The van der Waals surface area contributed by atoms with E-state index in [-0.39, 0.29) is 0 Å². The average molecular weight is 335 g/mol. The number of allylic oxidation sites excluding steroid dienone is 2. The van der Waals surface area contributed by atoms with Crippen molar-refractivity contribution in [2.75, 3.05) is 4.98 Å². The van der Waals surface area contributed by atoms with E-state index in [9.17, 15) is 0 Å². The Morgan fingerprint density at radius 3 is 2.43 bits per heavy atom. The summed E-state index contributed by atoms with van der Waals surface area (Å²) in [5, 5.41) is 1.43. The van der Waals surface area contributed by atoms with E-state index >= 15 is 0 Å². The van der Waals surface area contributed by atoms with E-state index in [1.807, 2.05) is 11.3 Å². The number of fused-ring (bicyclic) bond motifs is 3. The molecule has 0 saturated heterocycles. The molecule has 115 valence electrons. The molecule has 0 amide bonds. The fourth-order valence-corrected chi connectivity index (χ4v) is 7.81. The number of hydrogen-bond acceptors (Lipinski definition) is 2. The number of anilines is 1. The number of nitrogens with one attached hydrogen (secondary N) is 1. The maximum Gasteiger partial charge on any atom is 0.176 e. The Bertz CT molecular complexity index is 894. The Balaban J connectivity index is 1.76. The van der Waals surface area contributed by atoms with Gasteiger partial charge in [-0.15, -0.1) is 11.3 Å². The molecule has 1 aliphatic rings. The SMILES string of the molecule is CC1=C(C)C([Si](C)Nc2ccccc2)c2sc3ccccc3c21. The molecule has 0 saturated carbocycles. The molecule has 23 heavy (non-hydrogen) atoms. The molecule has 3 heteroatoms. The first-order valence-corrected chi connectivity index (χ1v) is 10.9. The fraction of sp³-hybridized carbons (Fsp3) is 0.200. The van der Waals surface area contributed by atoms with E-state index in [0.29, 0.717) is 5.54 Å². The number of thiophene rings is 1. The van der Waals surface area contributed by atoms with Gasteiger partial charge in [0.15, 0.2) is 8.96 Å². The van der Waals surface area contributed by atoms with Crippen LogP contribution in [-0.2, 0) is 0 Å². The molecule has 0 fully saturated rings. The van der Waals surface area contributed by atoms with E-state index in [4.69, 9.17) is 0 Å². The van der Waals surface area contributed by atoms with Crippen molar-refractivity contribution in [1.82, 2.24) is 0 Å². The molecular weight excluding hydrogens is 314 g/mol. The largest absolute Gasteiger partial charge is 0.410 e. The topological polar surface area (TPSA) is 12.0 Å². The van der Waals surface area contributed by atoms with Crippen LogP contribution in [0, 0.1) is 0 Å². The summed E-state index contributed by atoms with van der Waals surface area (Å²) >= 11 is 1.98. The number of benzene rings is 2. The monoisotopic (exact) mass is 334 g/mol. The minimum Gasteiger partial charge on any atom is -0.410 e. The molecule has 4 rings (SSSR count). The zero-order valence-corrected chi connectivity index (χ0v) is 15.5. The second-order valence-corrected chi connectivity index (χ2v) is 9.53. The van der Waals surface area contributed by atoms with Gasteiger partial charge in [-0.3, -0.25) is 0 Å². The lowest BCUT2D eigenvalue weighted by atomic mass is 10.1. The number of hydrogen-bond donors (Lipinski definition) is 1. The third-order valence-corrected chi connectivity index (χ3v) is 8.55. The summed E-state index contributed by atoms with van der Waals surface area (Å²) in [6, 6.07) is 19.4. The normalized spacial score (nSPS) is 17.1. The van der Waals surface area contributed by atoms with Gasteiger partial charge < -0.3 is 4.98 Å². The van der Waals surface area contributed by atoms with Crippen LogP contribution < -0.4 is 4.98 Å². The van der Waals surface area contributed by atoms with Crippen LogP contribution in [0.5, 0.6) is 0 Å². The second kappa shape index (κ2) is 5.66. The summed E-state index contributed by atoms with van der Waals surface area (Å²) in [6.45, 7) is 7.02. The van der Waals surface area contributed by atoms with Crippen LogP contribution in [0.3, 0.4) is 0 Å². The van der Waals surface area contributed by atoms with Crippen LogP contribution in [0.15, 0.2) is 60.2 Å². The highest BCUT2D eigenvalue weighted by Crippen LogP contribution is 2.50. The van der Waals surface area contributed by atoms with E-state index < -0.39 is 8.96 Å². The third-order valence-electron chi connectivity index (χ3n) is 4.83. The van der Waals surface area contributed by atoms with Gasteiger partial charge in [0.05, 0.1) is 0 Å². The smallest absolute Gasteiger partial charge is 0.176 e. The number of rotatable bonds is 3. The Labute approximate surface area is 143 Å². The van der Waals surface area contributed by atoms with Crippen molar-refractivity contribution in [2.45, 2.75) is 25.9 Å². The fourth-order valence-electron chi connectivity index (χ4n) is 3.61. The molecule has 1 unspecified atom stereocenters. The molecule has 2 aromatic carbocycles. The lowest BCUT2D eigenvalue weighted by Gasteiger charge is -2.21. The van der Waals surface area contributed by atoms with E-state index in [0.717, 1.165) is 0 Å². The minimum absolute atomic E-state index is 0.563. The third kappa shape index (κ3) is 2.35. The maximum absolute atomic E-state index is 3.79. The molecule has 1 nitrogen and oxygen atoms in total. The highest BCUT2D eigenvalue weighted by atomic mass is 32.1. The van der Waals surface area contributed by atoms with Crippen molar-refractivity contribution < 1.29 is 0 Å². The van der Waals surface area contributed by atoms with Crippen molar-refractivity contribution >= 4 is 41.6 Å². The molecule has 1 aromatic heterocycles. The average Bonchev–Trinajstić information content (AvgIpc) is 3.04. The molecule has 0 spiro atoms. The minimum atomic E-state index is -0.757. The molecule has 3 aromatic rings. The standard InChI is InChI=1S/C20H20NSSi/c1-13-14(2)20(23(3)21-15-9-5-4-6-10-15)19-18(13)16-11-7-8-12-17(16)22-19/h4-12,20-21H,1-3H3. The maximum atomic E-state index is 3.79. The second-order valence-electron chi connectivity index (χ2n) is 6.25. The van der Waals surface area contributed by atoms with Gasteiger partial charge in [-0.05, 0) is 43.2 Å². The van der Waals surface area contributed by atoms with Crippen LogP contribution in [-0.4, -0.2) is 8.96 Å². The van der Waals surface area contributed by atoms with Gasteiger partial charge >= 0.3 is 0 Å². The summed E-state index contributed by atoms with van der Waals surface area (Å²) < 4.78 is 1.42. The van der Waals surface area contributed by atoms with Crippen LogP contribution in [0.1, 0.15) is 29.8 Å². The first kappa shape index (κ1) is 14.7. The van der Waals surface area contributed by atoms with E-state index in [1.165, 1.54) is 26.9 Å². The van der Waals surface area contributed by atoms with Gasteiger partial charge in [-0.2, -0.15) is 0 Å². The van der Waals surface area contributed by atoms with Crippen LogP contribution in [0.4, 0.5) is 5.69 Å². The molecule has 0 aliphatic heterocycles. The van der Waals surface area contributed by atoms with Crippen LogP contribution in [0.25, 0.3) is 15.7 Å². The summed E-state index contributed by atoms with van der Waals surface area (Å²) in [7, 11) is -0.757. The number of para-hydroxylation sites is 1.